The van der Waals surface area contributed by atoms with Crippen molar-refractivity contribution in [2.75, 3.05) is 0 Å². The molecule has 1 heterocycles. The van der Waals surface area contributed by atoms with E-state index in [2.05, 4.69) is 26.2 Å². The van der Waals surface area contributed by atoms with Gasteiger partial charge in [-0.25, -0.2) is 4.68 Å². The molecule has 0 saturated heterocycles. The maximum Gasteiger partial charge on any atom is 0.185 e. The van der Waals surface area contributed by atoms with Gasteiger partial charge in [0.2, 0.25) is 0 Å². The Balaban J connectivity index is 1.64. The van der Waals surface area contributed by atoms with Gasteiger partial charge in [-0.05, 0) is 36.6 Å². The van der Waals surface area contributed by atoms with E-state index in [1.54, 1.807) is 16.8 Å². The highest BCUT2D eigenvalue weighted by Crippen LogP contribution is 2.15. The minimum absolute atomic E-state index is 0.0230. The monoisotopic (exact) mass is 425 g/mol. The second-order valence-corrected chi connectivity index (χ2v) is 7.26. The standard InChI is InChI=1S/C20H20BrN5O/c1-13-19(24-25-26(13)12-15-4-9-17(21)10-5-15)18(27)11-6-14-2-7-16(8-3-14)20(22)23/h2-5,7-10H,6,11-12H2,1H3,(H3,22,23). The van der Waals surface area contributed by atoms with Crippen molar-refractivity contribution in [2.24, 2.45) is 5.73 Å². The lowest BCUT2D eigenvalue weighted by Gasteiger charge is -2.05. The summed E-state index contributed by atoms with van der Waals surface area (Å²) >= 11 is 3.42. The third kappa shape index (κ3) is 4.68. The summed E-state index contributed by atoms with van der Waals surface area (Å²) in [5, 5.41) is 15.6. The van der Waals surface area contributed by atoms with E-state index in [0.717, 1.165) is 21.3 Å². The molecule has 0 spiro atoms. The number of carbonyl (C=O) groups is 1. The molecule has 0 fully saturated rings. The van der Waals surface area contributed by atoms with Crippen LogP contribution in [0.4, 0.5) is 0 Å². The van der Waals surface area contributed by atoms with Crippen LogP contribution in [0.3, 0.4) is 0 Å². The van der Waals surface area contributed by atoms with Crippen LogP contribution in [0.2, 0.25) is 0 Å². The van der Waals surface area contributed by atoms with Gasteiger partial charge < -0.3 is 5.73 Å². The number of benzene rings is 2. The molecule has 0 atom stereocenters. The van der Waals surface area contributed by atoms with E-state index in [4.69, 9.17) is 11.1 Å². The minimum Gasteiger partial charge on any atom is -0.384 e. The lowest BCUT2D eigenvalue weighted by atomic mass is 10.0. The number of Topliss-reactive ketones (excluding diaryl/α,β-unsaturated/α-hetero) is 1. The fourth-order valence-electron chi connectivity index (χ4n) is 2.76. The van der Waals surface area contributed by atoms with E-state index in [0.29, 0.717) is 30.6 Å². The second kappa shape index (κ2) is 8.26. The van der Waals surface area contributed by atoms with Crippen molar-refractivity contribution >= 4 is 27.5 Å². The average Bonchev–Trinajstić information content (AvgIpc) is 3.02. The molecule has 1 aromatic heterocycles. The minimum atomic E-state index is -0.0230. The third-order valence-corrected chi connectivity index (χ3v) is 4.93. The largest absolute Gasteiger partial charge is 0.384 e. The van der Waals surface area contributed by atoms with Crippen molar-refractivity contribution in [1.29, 1.82) is 5.41 Å². The third-order valence-electron chi connectivity index (χ3n) is 4.40. The number of hydrogen-bond donors (Lipinski definition) is 2. The number of hydrogen-bond acceptors (Lipinski definition) is 4. The molecule has 3 N–H and O–H groups in total. The fourth-order valence-corrected chi connectivity index (χ4v) is 3.02. The highest BCUT2D eigenvalue weighted by molar-refractivity contribution is 9.10. The number of nitrogens with two attached hydrogens (primary N) is 1. The molecule has 2 aromatic carbocycles. The Kier molecular flexibility index (Phi) is 5.81. The highest BCUT2D eigenvalue weighted by Gasteiger charge is 2.16. The Bertz CT molecular complexity index is 961. The molecule has 0 radical (unpaired) electrons. The summed E-state index contributed by atoms with van der Waals surface area (Å²) in [7, 11) is 0. The predicted molar refractivity (Wildman–Crippen MR) is 108 cm³/mol. The molecule has 0 saturated carbocycles. The summed E-state index contributed by atoms with van der Waals surface area (Å²) in [5.41, 5.74) is 9.44. The van der Waals surface area contributed by atoms with Gasteiger partial charge in [-0.1, -0.05) is 57.5 Å². The van der Waals surface area contributed by atoms with Gasteiger partial charge in [0.25, 0.3) is 0 Å². The Morgan fingerprint density at radius 1 is 1.11 bits per heavy atom. The predicted octanol–water partition coefficient (Wildman–Crippen LogP) is 3.50. The molecule has 0 aliphatic rings. The number of rotatable bonds is 7. The van der Waals surface area contributed by atoms with E-state index >= 15 is 0 Å². The van der Waals surface area contributed by atoms with Crippen LogP contribution in [0, 0.1) is 12.3 Å². The molecule has 0 unspecified atom stereocenters. The summed E-state index contributed by atoms with van der Waals surface area (Å²) in [6.45, 7) is 2.44. The van der Waals surface area contributed by atoms with Crippen molar-refractivity contribution < 1.29 is 4.79 Å². The van der Waals surface area contributed by atoms with Crippen molar-refractivity contribution in [2.45, 2.75) is 26.3 Å². The first-order valence-corrected chi connectivity index (χ1v) is 9.34. The molecule has 0 aliphatic carbocycles. The van der Waals surface area contributed by atoms with Crippen LogP contribution in [0.15, 0.2) is 53.0 Å². The number of amidine groups is 1. The normalized spacial score (nSPS) is 10.7. The summed E-state index contributed by atoms with van der Waals surface area (Å²) in [6, 6.07) is 15.3. The number of nitrogens with one attached hydrogen (secondary N) is 1. The first kappa shape index (κ1) is 19.0. The van der Waals surface area contributed by atoms with Crippen molar-refractivity contribution in [1.82, 2.24) is 15.0 Å². The summed E-state index contributed by atoms with van der Waals surface area (Å²) in [6.07, 6.45) is 0.966. The van der Waals surface area contributed by atoms with Crippen LogP contribution >= 0.6 is 15.9 Å². The lowest BCUT2D eigenvalue weighted by molar-refractivity contribution is 0.0977. The number of nitrogens with zero attached hydrogens (tertiary/aromatic N) is 3. The molecular formula is C20H20BrN5O. The molecule has 0 amide bonds. The molecule has 3 rings (SSSR count). The van der Waals surface area contributed by atoms with Crippen molar-refractivity contribution in [3.8, 4) is 0 Å². The van der Waals surface area contributed by atoms with Gasteiger partial charge in [0.05, 0.1) is 12.2 Å². The SMILES string of the molecule is Cc1c(C(=O)CCc2ccc(C(=N)N)cc2)nnn1Cc1ccc(Br)cc1. The van der Waals surface area contributed by atoms with Gasteiger partial charge in [-0.15, -0.1) is 5.10 Å². The molecule has 6 nitrogen and oxygen atoms in total. The zero-order valence-corrected chi connectivity index (χ0v) is 16.5. The van der Waals surface area contributed by atoms with E-state index in [9.17, 15) is 4.79 Å². The summed E-state index contributed by atoms with van der Waals surface area (Å²) < 4.78 is 2.77. The lowest BCUT2D eigenvalue weighted by Crippen LogP contribution is -2.10. The number of aryl methyl sites for hydroxylation is 1. The number of ketones is 1. The van der Waals surface area contributed by atoms with E-state index in [1.807, 2.05) is 43.3 Å². The molecule has 7 heteroatoms. The van der Waals surface area contributed by atoms with Crippen LogP contribution in [0.25, 0.3) is 0 Å². The topological polar surface area (TPSA) is 97.7 Å². The smallest absolute Gasteiger partial charge is 0.185 e. The van der Waals surface area contributed by atoms with E-state index in [-0.39, 0.29) is 11.6 Å². The Hall–Kier alpha value is -2.80. The average molecular weight is 426 g/mol. The number of carbonyl (C=O) groups excluding carboxylic acids is 1. The van der Waals surface area contributed by atoms with Crippen LogP contribution in [-0.4, -0.2) is 26.6 Å². The molecule has 0 aliphatic heterocycles. The van der Waals surface area contributed by atoms with Crippen molar-refractivity contribution in [3.05, 3.63) is 81.1 Å². The molecule has 27 heavy (non-hydrogen) atoms. The Morgan fingerprint density at radius 3 is 2.37 bits per heavy atom. The highest BCUT2D eigenvalue weighted by atomic mass is 79.9. The maximum atomic E-state index is 12.5. The van der Waals surface area contributed by atoms with E-state index < -0.39 is 0 Å². The maximum absolute atomic E-state index is 12.5. The van der Waals surface area contributed by atoms with Gasteiger partial charge in [0, 0.05) is 16.5 Å². The fraction of sp³-hybridized carbons (Fsp3) is 0.200. The molecular weight excluding hydrogens is 406 g/mol. The first-order chi connectivity index (χ1) is 12.9. The quantitative estimate of drug-likeness (QED) is 0.343. The zero-order chi connectivity index (χ0) is 19.4. The molecule has 138 valence electrons. The van der Waals surface area contributed by atoms with Crippen molar-refractivity contribution in [3.63, 3.8) is 0 Å². The molecule has 0 bridgehead atoms. The Morgan fingerprint density at radius 2 is 1.74 bits per heavy atom. The number of halogens is 1. The van der Waals surface area contributed by atoms with Gasteiger partial charge in [0.1, 0.15) is 5.84 Å². The van der Waals surface area contributed by atoms with Gasteiger partial charge in [-0.2, -0.15) is 0 Å². The summed E-state index contributed by atoms with van der Waals surface area (Å²) in [4.78, 5) is 12.5. The van der Waals surface area contributed by atoms with Gasteiger partial charge >= 0.3 is 0 Å². The van der Waals surface area contributed by atoms with Crippen LogP contribution in [-0.2, 0) is 13.0 Å². The molecule has 3 aromatic rings. The Labute approximate surface area is 166 Å². The van der Waals surface area contributed by atoms with Gasteiger partial charge in [0.15, 0.2) is 11.5 Å². The van der Waals surface area contributed by atoms with Crippen LogP contribution in [0.5, 0.6) is 0 Å². The number of aromatic nitrogens is 3. The summed E-state index contributed by atoms with van der Waals surface area (Å²) in [5.74, 6) is 0.0147. The van der Waals surface area contributed by atoms with Crippen LogP contribution in [0.1, 0.15) is 39.3 Å². The number of nitrogen functional groups attached to an aromatic ring is 1. The zero-order valence-electron chi connectivity index (χ0n) is 14.9. The van der Waals surface area contributed by atoms with Gasteiger partial charge in [-0.3, -0.25) is 10.2 Å². The van der Waals surface area contributed by atoms with Crippen LogP contribution < -0.4 is 5.73 Å². The second-order valence-electron chi connectivity index (χ2n) is 6.34. The first-order valence-electron chi connectivity index (χ1n) is 8.55. The van der Waals surface area contributed by atoms with E-state index in [1.165, 1.54) is 0 Å².